The van der Waals surface area contributed by atoms with E-state index in [1.165, 1.54) is 0 Å². The number of carbonyl (C=O) groups excluding carboxylic acids is 1. The van der Waals surface area contributed by atoms with Crippen molar-refractivity contribution in [3.8, 4) is 17.2 Å². The molecule has 1 fully saturated rings. The fourth-order valence-corrected chi connectivity index (χ4v) is 3.40. The van der Waals surface area contributed by atoms with E-state index in [1.54, 1.807) is 39.9 Å². The Bertz CT molecular complexity index is 767. The van der Waals surface area contributed by atoms with Gasteiger partial charge in [-0.05, 0) is 30.5 Å². The summed E-state index contributed by atoms with van der Waals surface area (Å²) in [6.07, 6.45) is 6.68. The molecule has 1 amide bonds. The van der Waals surface area contributed by atoms with E-state index in [9.17, 15) is 4.79 Å². The summed E-state index contributed by atoms with van der Waals surface area (Å²) in [5.74, 6) is 2.60. The summed E-state index contributed by atoms with van der Waals surface area (Å²) in [6.45, 7) is 1.99. The van der Waals surface area contributed by atoms with Crippen molar-refractivity contribution < 1.29 is 19.0 Å². The smallest absolute Gasteiger partial charge is 0.223 e. The van der Waals surface area contributed by atoms with Crippen molar-refractivity contribution in [2.45, 2.75) is 19.4 Å². The topological polar surface area (TPSA) is 85.8 Å². The molecule has 150 valence electrons. The third-order valence-electron chi connectivity index (χ3n) is 4.93. The molecule has 2 heterocycles. The van der Waals surface area contributed by atoms with Crippen molar-refractivity contribution in [3.63, 3.8) is 0 Å². The van der Waals surface area contributed by atoms with Crippen LogP contribution >= 0.6 is 0 Å². The largest absolute Gasteiger partial charge is 0.493 e. The number of nitrogens with zero attached hydrogens (tertiary/aromatic N) is 3. The molecule has 0 radical (unpaired) electrons. The van der Waals surface area contributed by atoms with Gasteiger partial charge < -0.3 is 24.4 Å². The first kappa shape index (κ1) is 19.7. The molecular weight excluding hydrogens is 360 g/mol. The fourth-order valence-electron chi connectivity index (χ4n) is 3.40. The monoisotopic (exact) mass is 386 g/mol. The second-order valence-electron chi connectivity index (χ2n) is 6.58. The van der Waals surface area contributed by atoms with Gasteiger partial charge in [-0.3, -0.25) is 9.78 Å². The minimum absolute atomic E-state index is 0.00467. The highest BCUT2D eigenvalue weighted by Gasteiger charge is 2.25. The zero-order chi connectivity index (χ0) is 19.9. The van der Waals surface area contributed by atoms with Gasteiger partial charge in [0.05, 0.1) is 27.5 Å². The normalized spacial score (nSPS) is 14.5. The molecule has 1 aliphatic rings. The number of benzene rings is 1. The number of amides is 1. The van der Waals surface area contributed by atoms with E-state index in [0.717, 1.165) is 37.3 Å². The van der Waals surface area contributed by atoms with Crippen LogP contribution in [0, 0.1) is 5.92 Å². The van der Waals surface area contributed by atoms with Crippen LogP contribution in [0.5, 0.6) is 17.2 Å². The highest BCUT2D eigenvalue weighted by atomic mass is 16.5. The molecule has 1 aromatic carbocycles. The molecule has 0 spiro atoms. The number of hydrogen-bond acceptors (Lipinski definition) is 7. The second-order valence-corrected chi connectivity index (χ2v) is 6.58. The number of rotatable bonds is 7. The van der Waals surface area contributed by atoms with Gasteiger partial charge in [-0.2, -0.15) is 0 Å². The van der Waals surface area contributed by atoms with Crippen LogP contribution in [0.2, 0.25) is 0 Å². The molecule has 0 unspecified atom stereocenters. The Morgan fingerprint density at radius 1 is 1.11 bits per heavy atom. The minimum atomic E-state index is -0.00467. The molecule has 8 nitrogen and oxygen atoms in total. The Hall–Kier alpha value is -3.03. The van der Waals surface area contributed by atoms with Gasteiger partial charge in [0.1, 0.15) is 5.82 Å². The van der Waals surface area contributed by atoms with Gasteiger partial charge in [0.15, 0.2) is 11.5 Å². The second kappa shape index (κ2) is 9.25. The van der Waals surface area contributed by atoms with E-state index in [1.807, 2.05) is 12.1 Å². The quantitative estimate of drug-likeness (QED) is 0.779. The number of ether oxygens (including phenoxy) is 3. The standard InChI is InChI=1S/C20H26N4O4/c1-26-16-10-14(11-17(27-2)19(16)28-3)12-23-20(25)15-4-8-24(9-5-15)18-13-21-6-7-22-18/h6-7,10-11,13,15H,4-5,8-9,12H2,1-3H3,(H,23,25). The number of aromatic nitrogens is 2. The molecule has 2 aromatic rings. The van der Waals surface area contributed by atoms with E-state index in [0.29, 0.717) is 23.8 Å². The predicted octanol–water partition coefficient (Wildman–Crippen LogP) is 2.04. The van der Waals surface area contributed by atoms with E-state index >= 15 is 0 Å². The molecular formula is C20H26N4O4. The molecule has 0 aliphatic carbocycles. The predicted molar refractivity (Wildman–Crippen MR) is 105 cm³/mol. The van der Waals surface area contributed by atoms with E-state index < -0.39 is 0 Å². The summed E-state index contributed by atoms with van der Waals surface area (Å²) < 4.78 is 16.1. The lowest BCUT2D eigenvalue weighted by Crippen LogP contribution is -2.40. The highest BCUT2D eigenvalue weighted by molar-refractivity contribution is 5.79. The average molecular weight is 386 g/mol. The lowest BCUT2D eigenvalue weighted by molar-refractivity contribution is -0.125. The number of carbonyl (C=O) groups is 1. The molecule has 3 rings (SSSR count). The number of hydrogen-bond donors (Lipinski definition) is 1. The van der Waals surface area contributed by atoms with Crippen LogP contribution in [0.1, 0.15) is 18.4 Å². The maximum Gasteiger partial charge on any atom is 0.223 e. The number of nitrogens with one attached hydrogen (secondary N) is 1. The van der Waals surface area contributed by atoms with Crippen molar-refractivity contribution in [3.05, 3.63) is 36.3 Å². The van der Waals surface area contributed by atoms with Crippen LogP contribution in [0.15, 0.2) is 30.7 Å². The summed E-state index contributed by atoms with van der Waals surface area (Å²) >= 11 is 0. The van der Waals surface area contributed by atoms with Crippen LogP contribution in [0.3, 0.4) is 0 Å². The molecule has 1 saturated heterocycles. The fraction of sp³-hybridized carbons (Fsp3) is 0.450. The maximum absolute atomic E-state index is 12.6. The molecule has 1 aliphatic heterocycles. The van der Waals surface area contributed by atoms with Gasteiger partial charge in [-0.25, -0.2) is 4.98 Å². The molecule has 1 N–H and O–H groups in total. The van der Waals surface area contributed by atoms with Crippen molar-refractivity contribution in [2.75, 3.05) is 39.3 Å². The third-order valence-corrected chi connectivity index (χ3v) is 4.93. The molecule has 28 heavy (non-hydrogen) atoms. The van der Waals surface area contributed by atoms with Crippen molar-refractivity contribution in [2.24, 2.45) is 5.92 Å². The van der Waals surface area contributed by atoms with Crippen LogP contribution in [0.4, 0.5) is 5.82 Å². The Kier molecular flexibility index (Phi) is 6.52. The Balaban J connectivity index is 1.56. The average Bonchev–Trinajstić information content (AvgIpc) is 2.77. The minimum Gasteiger partial charge on any atom is -0.493 e. The molecule has 1 aromatic heterocycles. The van der Waals surface area contributed by atoms with Crippen LogP contribution < -0.4 is 24.4 Å². The van der Waals surface area contributed by atoms with Crippen molar-refractivity contribution >= 4 is 11.7 Å². The molecule has 8 heteroatoms. The van der Waals surface area contributed by atoms with Crippen molar-refractivity contribution in [1.29, 1.82) is 0 Å². The Morgan fingerprint density at radius 3 is 2.32 bits per heavy atom. The first-order valence-electron chi connectivity index (χ1n) is 9.23. The number of anilines is 1. The first-order valence-corrected chi connectivity index (χ1v) is 9.23. The summed E-state index contributed by atoms with van der Waals surface area (Å²) in [5.41, 5.74) is 0.889. The highest BCUT2D eigenvalue weighted by Crippen LogP contribution is 2.38. The zero-order valence-corrected chi connectivity index (χ0v) is 16.5. The number of methoxy groups -OCH3 is 3. The maximum atomic E-state index is 12.6. The van der Waals surface area contributed by atoms with Gasteiger partial charge in [0.25, 0.3) is 0 Å². The van der Waals surface area contributed by atoms with Gasteiger partial charge >= 0.3 is 0 Å². The van der Waals surface area contributed by atoms with Gasteiger partial charge in [0, 0.05) is 37.9 Å². The third kappa shape index (κ3) is 4.44. The van der Waals surface area contributed by atoms with Crippen LogP contribution in [-0.2, 0) is 11.3 Å². The van der Waals surface area contributed by atoms with E-state index in [-0.39, 0.29) is 11.8 Å². The summed E-state index contributed by atoms with van der Waals surface area (Å²) in [4.78, 5) is 23.2. The first-order chi connectivity index (χ1) is 13.7. The van der Waals surface area contributed by atoms with Gasteiger partial charge in [-0.1, -0.05) is 0 Å². The zero-order valence-electron chi connectivity index (χ0n) is 16.5. The summed E-state index contributed by atoms with van der Waals surface area (Å²) in [6, 6.07) is 3.69. The Morgan fingerprint density at radius 2 is 1.79 bits per heavy atom. The van der Waals surface area contributed by atoms with E-state index in [4.69, 9.17) is 14.2 Å². The summed E-state index contributed by atoms with van der Waals surface area (Å²) in [5, 5.41) is 3.03. The lowest BCUT2D eigenvalue weighted by Gasteiger charge is -2.31. The van der Waals surface area contributed by atoms with Crippen molar-refractivity contribution in [1.82, 2.24) is 15.3 Å². The molecule has 0 atom stereocenters. The SMILES string of the molecule is COc1cc(CNC(=O)C2CCN(c3cnccn3)CC2)cc(OC)c1OC. The van der Waals surface area contributed by atoms with Crippen LogP contribution in [-0.4, -0.2) is 50.3 Å². The van der Waals surface area contributed by atoms with Crippen LogP contribution in [0.25, 0.3) is 0 Å². The lowest BCUT2D eigenvalue weighted by atomic mass is 9.96. The van der Waals surface area contributed by atoms with Gasteiger partial charge in [-0.15, -0.1) is 0 Å². The molecule has 0 bridgehead atoms. The Labute approximate surface area is 164 Å². The van der Waals surface area contributed by atoms with Gasteiger partial charge in [0.2, 0.25) is 11.7 Å². The van der Waals surface area contributed by atoms with E-state index in [2.05, 4.69) is 20.2 Å². The molecule has 0 saturated carbocycles. The summed E-state index contributed by atoms with van der Waals surface area (Å²) in [7, 11) is 4.71. The number of piperidine rings is 1.